The molecule has 0 fully saturated rings. The van der Waals surface area contributed by atoms with Gasteiger partial charge in [0, 0.05) is 0 Å². The maximum absolute atomic E-state index is 12.1. The van der Waals surface area contributed by atoms with Crippen molar-refractivity contribution in [2.24, 2.45) is 0 Å². The summed E-state index contributed by atoms with van der Waals surface area (Å²) in [6, 6.07) is 7.64. The molecule has 2 aromatic heterocycles. The fraction of sp³-hybridized carbons (Fsp3) is 0.154. The largest absolute Gasteiger partial charge is 0.324 e. The van der Waals surface area contributed by atoms with Gasteiger partial charge in [-0.15, -0.1) is 11.3 Å². The number of nitrogens with zero attached hydrogens (tertiary/aromatic N) is 2. The zero-order valence-electron chi connectivity index (χ0n) is 10.5. The van der Waals surface area contributed by atoms with Gasteiger partial charge >= 0.3 is 0 Å². The number of aromatic amines is 1. The number of para-hydroxylation sites is 2. The average Bonchev–Trinajstić information content (AvgIpc) is 2.91. The number of nitrogens with one attached hydrogen (secondary N) is 2. The van der Waals surface area contributed by atoms with Gasteiger partial charge in [-0.2, -0.15) is 0 Å². The number of carbonyl (C=O) groups excluding carboxylic acids is 1. The molecule has 0 aliphatic rings. The number of thiazole rings is 1. The van der Waals surface area contributed by atoms with Crippen molar-refractivity contribution in [3.05, 3.63) is 39.8 Å². The highest BCUT2D eigenvalue weighted by atomic mass is 32.1. The highest BCUT2D eigenvalue weighted by Crippen LogP contribution is 2.19. The third kappa shape index (κ3) is 2.22. The number of H-pyrrole nitrogens is 1. The summed E-state index contributed by atoms with van der Waals surface area (Å²) in [7, 11) is 0. The van der Waals surface area contributed by atoms with E-state index in [4.69, 9.17) is 0 Å². The number of hydrogen-bond acceptors (Lipinski definition) is 4. The summed E-state index contributed by atoms with van der Waals surface area (Å²) in [6.45, 7) is 3.71. The minimum absolute atomic E-state index is 0.179. The quantitative estimate of drug-likeness (QED) is 0.753. The molecule has 1 amide bonds. The average molecular weight is 272 g/mol. The molecule has 0 saturated heterocycles. The predicted molar refractivity (Wildman–Crippen MR) is 75.6 cm³/mol. The Labute approximate surface area is 113 Å². The van der Waals surface area contributed by atoms with Gasteiger partial charge in [-0.3, -0.25) is 10.1 Å². The van der Waals surface area contributed by atoms with Crippen LogP contribution in [0.15, 0.2) is 24.3 Å². The molecule has 5 nitrogen and oxygen atoms in total. The zero-order valence-corrected chi connectivity index (χ0v) is 11.3. The fourth-order valence-corrected chi connectivity index (χ4v) is 2.73. The fourth-order valence-electron chi connectivity index (χ4n) is 1.92. The highest BCUT2D eigenvalue weighted by Gasteiger charge is 2.15. The Morgan fingerprint density at radius 2 is 2.05 bits per heavy atom. The van der Waals surface area contributed by atoms with Crippen molar-refractivity contribution in [1.82, 2.24) is 15.0 Å². The van der Waals surface area contributed by atoms with Gasteiger partial charge in [0.2, 0.25) is 5.95 Å². The molecule has 6 heteroatoms. The van der Waals surface area contributed by atoms with Crippen LogP contribution >= 0.6 is 11.3 Å². The normalized spacial score (nSPS) is 10.8. The zero-order chi connectivity index (χ0) is 13.4. The van der Waals surface area contributed by atoms with Gasteiger partial charge in [0.15, 0.2) is 0 Å². The minimum atomic E-state index is -0.179. The molecule has 3 rings (SSSR count). The molecule has 3 aromatic rings. The number of carbonyl (C=O) groups is 1. The van der Waals surface area contributed by atoms with Crippen molar-refractivity contribution < 1.29 is 4.79 Å². The number of amides is 1. The molecular formula is C13H12N4OS. The molecule has 1 aromatic carbocycles. The maximum Gasteiger partial charge on any atom is 0.269 e. The SMILES string of the molecule is Cc1nc(C)c(C(=O)Nc2nc3ccccc3[nH]2)s1. The lowest BCUT2D eigenvalue weighted by Crippen LogP contribution is -2.12. The molecule has 0 spiro atoms. The van der Waals surface area contributed by atoms with Gasteiger partial charge in [-0.05, 0) is 26.0 Å². The van der Waals surface area contributed by atoms with E-state index in [0.29, 0.717) is 10.8 Å². The lowest BCUT2D eigenvalue weighted by molar-refractivity contribution is 0.102. The van der Waals surface area contributed by atoms with Crippen molar-refractivity contribution in [3.8, 4) is 0 Å². The number of fused-ring (bicyclic) bond motifs is 1. The van der Waals surface area contributed by atoms with E-state index in [0.717, 1.165) is 21.7 Å². The molecule has 0 aliphatic carbocycles. The van der Waals surface area contributed by atoms with E-state index < -0.39 is 0 Å². The van der Waals surface area contributed by atoms with E-state index in [-0.39, 0.29) is 5.91 Å². The third-order valence-electron chi connectivity index (χ3n) is 2.73. The molecule has 0 atom stereocenters. The molecule has 0 bridgehead atoms. The van der Waals surface area contributed by atoms with Crippen LogP contribution in [0.1, 0.15) is 20.4 Å². The first-order chi connectivity index (χ1) is 9.13. The van der Waals surface area contributed by atoms with Crippen LogP contribution in [0.3, 0.4) is 0 Å². The van der Waals surface area contributed by atoms with Crippen LogP contribution in [0.2, 0.25) is 0 Å². The number of rotatable bonds is 2. The summed E-state index contributed by atoms with van der Waals surface area (Å²) in [5.41, 5.74) is 2.47. The van der Waals surface area contributed by atoms with Crippen molar-refractivity contribution in [3.63, 3.8) is 0 Å². The standard InChI is InChI=1S/C13H12N4OS/c1-7-11(19-8(2)14-7)12(18)17-13-15-9-5-3-4-6-10(9)16-13/h3-6H,1-2H3,(H2,15,16,17,18). The van der Waals surface area contributed by atoms with Gasteiger partial charge in [0.1, 0.15) is 4.88 Å². The summed E-state index contributed by atoms with van der Waals surface area (Å²) in [4.78, 5) is 24.4. The summed E-state index contributed by atoms with van der Waals surface area (Å²) < 4.78 is 0. The van der Waals surface area contributed by atoms with Crippen LogP contribution in [0.4, 0.5) is 5.95 Å². The van der Waals surface area contributed by atoms with E-state index in [1.165, 1.54) is 11.3 Å². The maximum atomic E-state index is 12.1. The van der Waals surface area contributed by atoms with Crippen LogP contribution in [0, 0.1) is 13.8 Å². The van der Waals surface area contributed by atoms with Crippen LogP contribution in [0.25, 0.3) is 11.0 Å². The molecule has 96 valence electrons. The summed E-state index contributed by atoms with van der Waals surface area (Å²) in [6.07, 6.45) is 0. The molecule has 2 heterocycles. The second kappa shape index (κ2) is 4.47. The van der Waals surface area contributed by atoms with Gasteiger partial charge in [-0.1, -0.05) is 12.1 Å². The molecule has 2 N–H and O–H groups in total. The summed E-state index contributed by atoms with van der Waals surface area (Å²) in [5, 5.41) is 3.65. The number of hydrogen-bond donors (Lipinski definition) is 2. The Hall–Kier alpha value is -2.21. The Kier molecular flexibility index (Phi) is 2.79. The lowest BCUT2D eigenvalue weighted by atomic mass is 10.3. The first kappa shape index (κ1) is 11.9. The second-order valence-corrected chi connectivity index (χ2v) is 5.41. The minimum Gasteiger partial charge on any atom is -0.324 e. The predicted octanol–water partition coefficient (Wildman–Crippen LogP) is 2.89. The van der Waals surface area contributed by atoms with Gasteiger partial charge in [0.05, 0.1) is 21.7 Å². The highest BCUT2D eigenvalue weighted by molar-refractivity contribution is 7.13. The van der Waals surface area contributed by atoms with Crippen LogP contribution in [-0.4, -0.2) is 20.9 Å². The van der Waals surface area contributed by atoms with Crippen molar-refractivity contribution in [1.29, 1.82) is 0 Å². The number of aromatic nitrogens is 3. The van der Waals surface area contributed by atoms with Crippen LogP contribution < -0.4 is 5.32 Å². The molecule has 0 saturated carbocycles. The monoisotopic (exact) mass is 272 g/mol. The van der Waals surface area contributed by atoms with E-state index in [1.807, 2.05) is 38.1 Å². The van der Waals surface area contributed by atoms with E-state index in [1.54, 1.807) is 0 Å². The Morgan fingerprint density at radius 3 is 2.74 bits per heavy atom. The van der Waals surface area contributed by atoms with E-state index in [9.17, 15) is 4.79 Å². The molecule has 19 heavy (non-hydrogen) atoms. The Morgan fingerprint density at radius 1 is 1.26 bits per heavy atom. The van der Waals surface area contributed by atoms with Crippen LogP contribution in [0.5, 0.6) is 0 Å². The second-order valence-electron chi connectivity index (χ2n) is 4.20. The van der Waals surface area contributed by atoms with Gasteiger partial charge < -0.3 is 4.98 Å². The number of anilines is 1. The molecular weight excluding hydrogens is 260 g/mol. The third-order valence-corrected chi connectivity index (χ3v) is 3.80. The smallest absolute Gasteiger partial charge is 0.269 e. The van der Waals surface area contributed by atoms with Crippen molar-refractivity contribution in [2.75, 3.05) is 5.32 Å². The topological polar surface area (TPSA) is 70.7 Å². The van der Waals surface area contributed by atoms with Crippen LogP contribution in [-0.2, 0) is 0 Å². The molecule has 0 unspecified atom stereocenters. The van der Waals surface area contributed by atoms with Crippen molar-refractivity contribution >= 4 is 34.2 Å². The van der Waals surface area contributed by atoms with E-state index in [2.05, 4.69) is 20.3 Å². The molecule has 0 radical (unpaired) electrons. The first-order valence-corrected chi connectivity index (χ1v) is 6.65. The number of imidazole rings is 1. The van der Waals surface area contributed by atoms with Gasteiger partial charge in [-0.25, -0.2) is 9.97 Å². The number of benzene rings is 1. The number of aryl methyl sites for hydroxylation is 2. The first-order valence-electron chi connectivity index (χ1n) is 5.83. The summed E-state index contributed by atoms with van der Waals surface area (Å²) in [5.74, 6) is 0.277. The van der Waals surface area contributed by atoms with E-state index >= 15 is 0 Å². The Balaban J connectivity index is 1.88. The lowest BCUT2D eigenvalue weighted by Gasteiger charge is -1.98. The summed E-state index contributed by atoms with van der Waals surface area (Å²) >= 11 is 1.38. The van der Waals surface area contributed by atoms with Gasteiger partial charge in [0.25, 0.3) is 5.91 Å². The Bertz CT molecular complexity index is 726. The van der Waals surface area contributed by atoms with Crippen molar-refractivity contribution in [2.45, 2.75) is 13.8 Å². The molecule has 0 aliphatic heterocycles.